The molecule has 0 bridgehead atoms. The predicted molar refractivity (Wildman–Crippen MR) is 77.2 cm³/mol. The Morgan fingerprint density at radius 2 is 1.86 bits per heavy atom. The molecule has 3 rings (SSSR count). The van der Waals surface area contributed by atoms with Gasteiger partial charge in [0.05, 0.1) is 12.7 Å². The molecule has 4 heteroatoms. The maximum Gasteiger partial charge on any atom is 0.344 e. The van der Waals surface area contributed by atoms with Crippen molar-refractivity contribution in [2.24, 2.45) is 0 Å². The summed E-state index contributed by atoms with van der Waals surface area (Å²) in [6.45, 7) is 0. The lowest BCUT2D eigenvalue weighted by Gasteiger charge is -2.01. The summed E-state index contributed by atoms with van der Waals surface area (Å²) in [6, 6.07) is 13.9. The number of carbonyl (C=O) groups excluding carboxylic acids is 2. The van der Waals surface area contributed by atoms with Crippen LogP contribution in [0.15, 0.2) is 54.6 Å². The van der Waals surface area contributed by atoms with Gasteiger partial charge < -0.3 is 9.47 Å². The van der Waals surface area contributed by atoms with Crippen molar-refractivity contribution in [2.45, 2.75) is 0 Å². The molecular weight excluding hydrogens is 268 g/mol. The monoisotopic (exact) mass is 280 g/mol. The highest BCUT2D eigenvalue weighted by Gasteiger charge is 2.27. The van der Waals surface area contributed by atoms with Crippen molar-refractivity contribution in [3.05, 3.63) is 71.3 Å². The second kappa shape index (κ2) is 5.25. The van der Waals surface area contributed by atoms with E-state index in [4.69, 9.17) is 9.47 Å². The van der Waals surface area contributed by atoms with E-state index in [0.29, 0.717) is 22.4 Å². The lowest BCUT2D eigenvalue weighted by molar-refractivity contribution is 0.0715. The van der Waals surface area contributed by atoms with E-state index in [1.54, 1.807) is 42.5 Å². The molecule has 2 aromatic carbocycles. The maximum absolute atomic E-state index is 12.1. The van der Waals surface area contributed by atoms with E-state index in [2.05, 4.69) is 0 Å². The van der Waals surface area contributed by atoms with Gasteiger partial charge in [-0.15, -0.1) is 0 Å². The average molecular weight is 280 g/mol. The fraction of sp³-hybridized carbons (Fsp3) is 0.0588. The van der Waals surface area contributed by atoms with Gasteiger partial charge >= 0.3 is 5.97 Å². The number of carbonyl (C=O) groups is 2. The van der Waals surface area contributed by atoms with Gasteiger partial charge in [0.1, 0.15) is 11.5 Å². The summed E-state index contributed by atoms with van der Waals surface area (Å²) in [5.41, 5.74) is 1.55. The predicted octanol–water partition coefficient (Wildman–Crippen LogP) is 3.09. The lowest BCUT2D eigenvalue weighted by Crippen LogP contribution is -1.96. The normalized spacial score (nSPS) is 14.7. The van der Waals surface area contributed by atoms with Crippen LogP contribution in [-0.4, -0.2) is 18.9 Å². The van der Waals surface area contributed by atoms with Gasteiger partial charge in [-0.05, 0) is 18.2 Å². The molecule has 0 unspecified atom stereocenters. The van der Waals surface area contributed by atoms with E-state index in [0.717, 1.165) is 0 Å². The Morgan fingerprint density at radius 1 is 1.10 bits per heavy atom. The number of rotatable bonds is 3. The third-order valence-electron chi connectivity index (χ3n) is 3.24. The zero-order chi connectivity index (χ0) is 14.8. The molecule has 1 heterocycles. The molecule has 0 amide bonds. The first-order valence-corrected chi connectivity index (χ1v) is 6.40. The van der Waals surface area contributed by atoms with E-state index in [1.165, 1.54) is 13.2 Å². The molecular formula is C17H12O4. The summed E-state index contributed by atoms with van der Waals surface area (Å²) in [6.07, 6.45) is 1.34. The van der Waals surface area contributed by atoms with Crippen LogP contribution in [0, 0.1) is 0 Å². The van der Waals surface area contributed by atoms with Crippen LogP contribution in [0.5, 0.6) is 5.75 Å². The Bertz CT molecular complexity index is 745. The molecule has 21 heavy (non-hydrogen) atoms. The van der Waals surface area contributed by atoms with Crippen molar-refractivity contribution in [3.63, 3.8) is 0 Å². The van der Waals surface area contributed by atoms with Crippen molar-refractivity contribution < 1.29 is 19.1 Å². The van der Waals surface area contributed by atoms with Crippen molar-refractivity contribution in [3.8, 4) is 5.75 Å². The fourth-order valence-electron chi connectivity index (χ4n) is 2.16. The maximum atomic E-state index is 12.1. The third-order valence-corrected chi connectivity index (χ3v) is 3.24. The molecule has 0 spiro atoms. The molecule has 104 valence electrons. The van der Waals surface area contributed by atoms with E-state index < -0.39 is 5.97 Å². The molecule has 0 aliphatic carbocycles. The van der Waals surface area contributed by atoms with Crippen molar-refractivity contribution in [2.75, 3.05) is 7.11 Å². The molecule has 0 radical (unpaired) electrons. The van der Waals surface area contributed by atoms with Crippen LogP contribution in [0.1, 0.15) is 26.3 Å². The van der Waals surface area contributed by atoms with Gasteiger partial charge in [-0.1, -0.05) is 30.3 Å². The molecule has 0 aromatic heterocycles. The number of esters is 1. The summed E-state index contributed by atoms with van der Waals surface area (Å²) >= 11 is 0. The highest BCUT2D eigenvalue weighted by atomic mass is 16.5. The van der Waals surface area contributed by atoms with Gasteiger partial charge in [0.2, 0.25) is 0 Å². The van der Waals surface area contributed by atoms with Crippen LogP contribution in [0.25, 0.3) is 5.76 Å². The van der Waals surface area contributed by atoms with Gasteiger partial charge in [0, 0.05) is 17.2 Å². The number of ether oxygens (including phenoxy) is 2. The second-order valence-electron chi connectivity index (χ2n) is 4.54. The Kier molecular flexibility index (Phi) is 3.28. The Hall–Kier alpha value is -2.88. The second-order valence-corrected chi connectivity index (χ2v) is 4.54. The first-order chi connectivity index (χ1) is 10.2. The number of fused-ring (bicyclic) bond motifs is 1. The zero-order valence-electron chi connectivity index (χ0n) is 11.3. The number of allylic oxidation sites excluding steroid dienone is 1. The van der Waals surface area contributed by atoms with Crippen LogP contribution in [0.2, 0.25) is 0 Å². The van der Waals surface area contributed by atoms with Crippen molar-refractivity contribution >= 4 is 17.5 Å². The van der Waals surface area contributed by atoms with Crippen LogP contribution in [-0.2, 0) is 4.74 Å². The quantitative estimate of drug-likeness (QED) is 0.492. The molecule has 4 nitrogen and oxygen atoms in total. The van der Waals surface area contributed by atoms with Gasteiger partial charge in [-0.2, -0.15) is 0 Å². The minimum absolute atomic E-state index is 0.206. The standard InChI is InChI=1S/C17H12O4/c1-20-12-7-8-13-14(9-12)17(19)21-16(13)10-15(18)11-5-3-2-4-6-11/h2-10H,1H3. The molecule has 0 saturated carbocycles. The lowest BCUT2D eigenvalue weighted by atomic mass is 10.1. The van der Waals surface area contributed by atoms with Crippen LogP contribution in [0.3, 0.4) is 0 Å². The first-order valence-electron chi connectivity index (χ1n) is 6.40. The Balaban J connectivity index is 1.98. The van der Waals surface area contributed by atoms with E-state index in [-0.39, 0.29) is 11.5 Å². The molecule has 1 aliphatic heterocycles. The Morgan fingerprint density at radius 3 is 2.57 bits per heavy atom. The average Bonchev–Trinajstić information content (AvgIpc) is 2.83. The number of benzene rings is 2. The molecule has 0 saturated heterocycles. The number of cyclic esters (lactones) is 1. The largest absolute Gasteiger partial charge is 0.497 e. The van der Waals surface area contributed by atoms with Crippen LogP contribution >= 0.6 is 0 Å². The third kappa shape index (κ3) is 2.43. The molecule has 0 fully saturated rings. The molecule has 1 aliphatic rings. The van der Waals surface area contributed by atoms with Gasteiger partial charge in [-0.25, -0.2) is 4.79 Å². The SMILES string of the molecule is COc1ccc2c(c1)C(=O)OC2=CC(=O)c1ccccc1. The smallest absolute Gasteiger partial charge is 0.344 e. The highest BCUT2D eigenvalue weighted by molar-refractivity contribution is 6.12. The number of ketones is 1. The van der Waals surface area contributed by atoms with E-state index in [1.807, 2.05) is 6.07 Å². The molecule has 0 atom stereocenters. The summed E-state index contributed by atoms with van der Waals surface area (Å²) in [5, 5.41) is 0. The van der Waals surface area contributed by atoms with Crippen molar-refractivity contribution in [1.82, 2.24) is 0 Å². The molecule has 0 N–H and O–H groups in total. The van der Waals surface area contributed by atoms with Crippen molar-refractivity contribution in [1.29, 1.82) is 0 Å². The van der Waals surface area contributed by atoms with Gasteiger partial charge in [0.25, 0.3) is 0 Å². The Labute approximate surface area is 121 Å². The van der Waals surface area contributed by atoms with E-state index in [9.17, 15) is 9.59 Å². The molecule has 2 aromatic rings. The van der Waals surface area contributed by atoms with Crippen LogP contribution < -0.4 is 4.74 Å². The zero-order valence-corrected chi connectivity index (χ0v) is 11.3. The number of methoxy groups -OCH3 is 1. The van der Waals surface area contributed by atoms with E-state index >= 15 is 0 Å². The first kappa shape index (κ1) is 13.1. The number of hydrogen-bond donors (Lipinski definition) is 0. The minimum Gasteiger partial charge on any atom is -0.497 e. The summed E-state index contributed by atoms with van der Waals surface area (Å²) in [4.78, 5) is 24.0. The minimum atomic E-state index is -0.476. The van der Waals surface area contributed by atoms with Gasteiger partial charge in [0.15, 0.2) is 5.78 Å². The number of hydrogen-bond acceptors (Lipinski definition) is 4. The topological polar surface area (TPSA) is 52.6 Å². The summed E-state index contributed by atoms with van der Waals surface area (Å²) in [7, 11) is 1.53. The fourth-order valence-corrected chi connectivity index (χ4v) is 2.16. The highest BCUT2D eigenvalue weighted by Crippen LogP contribution is 2.32. The summed E-state index contributed by atoms with van der Waals surface area (Å²) < 4.78 is 10.2. The van der Waals surface area contributed by atoms with Gasteiger partial charge in [-0.3, -0.25) is 4.79 Å². The van der Waals surface area contributed by atoms with Crippen LogP contribution in [0.4, 0.5) is 0 Å². The summed E-state index contributed by atoms with van der Waals surface area (Å²) in [5.74, 6) is 0.158.